The second-order valence-electron chi connectivity index (χ2n) is 6.19. The molecule has 3 nitrogen and oxygen atoms in total. The van der Waals surface area contributed by atoms with Gasteiger partial charge in [-0.05, 0) is 51.5 Å². The minimum absolute atomic E-state index is 0.281. The van der Waals surface area contributed by atoms with Crippen LogP contribution in [-0.4, -0.2) is 36.6 Å². The van der Waals surface area contributed by atoms with Crippen molar-refractivity contribution < 1.29 is 0 Å². The summed E-state index contributed by atoms with van der Waals surface area (Å²) in [6.07, 6.45) is 0. The van der Waals surface area contributed by atoms with E-state index < -0.39 is 0 Å². The highest BCUT2D eigenvalue weighted by Gasteiger charge is 2.25. The number of hydrogen-bond donors (Lipinski definition) is 1. The zero-order chi connectivity index (χ0) is 13.3. The number of nitrogens with two attached hydrogens (primary N) is 1. The molecule has 0 amide bonds. The number of nitrogen functional groups attached to an aromatic ring is 1. The van der Waals surface area contributed by atoms with E-state index in [1.807, 2.05) is 6.07 Å². The molecule has 3 heteroatoms. The van der Waals surface area contributed by atoms with Crippen LogP contribution in [0.15, 0.2) is 18.2 Å². The predicted octanol–water partition coefficient (Wildman–Crippen LogP) is 2.50. The molecule has 100 valence electrons. The van der Waals surface area contributed by atoms with Gasteiger partial charge < -0.3 is 10.6 Å². The van der Waals surface area contributed by atoms with Crippen molar-refractivity contribution in [1.29, 1.82) is 0 Å². The SMILES string of the molecule is Cc1cc(N2CCN(C(C)(C)C)CC2)ccc1N. The van der Waals surface area contributed by atoms with Gasteiger partial charge in [0, 0.05) is 43.1 Å². The Morgan fingerprint density at radius 1 is 1.06 bits per heavy atom. The van der Waals surface area contributed by atoms with Gasteiger partial charge >= 0.3 is 0 Å². The van der Waals surface area contributed by atoms with E-state index in [0.717, 1.165) is 31.9 Å². The van der Waals surface area contributed by atoms with Crippen molar-refractivity contribution in [3.8, 4) is 0 Å². The molecular weight excluding hydrogens is 222 g/mol. The third-order valence-corrected chi connectivity index (χ3v) is 3.85. The van der Waals surface area contributed by atoms with Crippen LogP contribution in [0.1, 0.15) is 26.3 Å². The second-order valence-corrected chi connectivity index (χ2v) is 6.19. The number of rotatable bonds is 1. The normalized spacial score (nSPS) is 18.1. The Morgan fingerprint density at radius 3 is 2.17 bits per heavy atom. The highest BCUT2D eigenvalue weighted by molar-refractivity contribution is 5.58. The summed E-state index contributed by atoms with van der Waals surface area (Å²) in [5.41, 5.74) is 9.51. The third kappa shape index (κ3) is 2.78. The van der Waals surface area contributed by atoms with Crippen molar-refractivity contribution in [2.45, 2.75) is 33.2 Å². The Morgan fingerprint density at radius 2 is 1.67 bits per heavy atom. The molecule has 1 aliphatic rings. The molecule has 18 heavy (non-hydrogen) atoms. The monoisotopic (exact) mass is 247 g/mol. The van der Waals surface area contributed by atoms with Crippen LogP contribution in [-0.2, 0) is 0 Å². The number of nitrogens with zero attached hydrogens (tertiary/aromatic N) is 2. The maximum atomic E-state index is 5.87. The van der Waals surface area contributed by atoms with Crippen LogP contribution in [0.2, 0.25) is 0 Å². The van der Waals surface area contributed by atoms with Crippen molar-refractivity contribution in [1.82, 2.24) is 4.90 Å². The van der Waals surface area contributed by atoms with Gasteiger partial charge in [0.2, 0.25) is 0 Å². The minimum atomic E-state index is 0.281. The summed E-state index contributed by atoms with van der Waals surface area (Å²) in [6.45, 7) is 13.4. The highest BCUT2D eigenvalue weighted by atomic mass is 15.3. The van der Waals surface area contributed by atoms with E-state index in [-0.39, 0.29) is 5.54 Å². The molecule has 1 saturated heterocycles. The lowest BCUT2D eigenvalue weighted by Gasteiger charge is -2.43. The maximum Gasteiger partial charge on any atom is 0.0371 e. The van der Waals surface area contributed by atoms with Crippen molar-refractivity contribution in [2.24, 2.45) is 0 Å². The molecule has 0 bridgehead atoms. The quantitative estimate of drug-likeness (QED) is 0.774. The molecule has 1 heterocycles. The van der Waals surface area contributed by atoms with Gasteiger partial charge in [-0.25, -0.2) is 0 Å². The first kappa shape index (κ1) is 13.2. The molecule has 0 radical (unpaired) electrons. The first-order valence-corrected chi connectivity index (χ1v) is 6.74. The zero-order valence-electron chi connectivity index (χ0n) is 12.0. The fourth-order valence-corrected chi connectivity index (χ4v) is 2.49. The molecule has 0 saturated carbocycles. The molecule has 2 N–H and O–H groups in total. The lowest BCUT2D eigenvalue weighted by atomic mass is 10.0. The summed E-state index contributed by atoms with van der Waals surface area (Å²) in [5.74, 6) is 0. The van der Waals surface area contributed by atoms with E-state index in [2.05, 4.69) is 49.6 Å². The average molecular weight is 247 g/mol. The van der Waals surface area contributed by atoms with E-state index in [9.17, 15) is 0 Å². The fraction of sp³-hybridized carbons (Fsp3) is 0.600. The zero-order valence-corrected chi connectivity index (χ0v) is 12.0. The van der Waals surface area contributed by atoms with Crippen molar-refractivity contribution in [3.05, 3.63) is 23.8 Å². The van der Waals surface area contributed by atoms with Crippen LogP contribution in [0.25, 0.3) is 0 Å². The molecule has 0 aliphatic carbocycles. The van der Waals surface area contributed by atoms with Gasteiger partial charge in [0.25, 0.3) is 0 Å². The summed E-state index contributed by atoms with van der Waals surface area (Å²) >= 11 is 0. The van der Waals surface area contributed by atoms with E-state index in [0.29, 0.717) is 0 Å². The molecule has 1 aliphatic heterocycles. The highest BCUT2D eigenvalue weighted by Crippen LogP contribution is 2.23. The predicted molar refractivity (Wildman–Crippen MR) is 79.1 cm³/mol. The Hall–Kier alpha value is -1.22. The van der Waals surface area contributed by atoms with E-state index in [1.54, 1.807) is 0 Å². The first-order valence-electron chi connectivity index (χ1n) is 6.74. The van der Waals surface area contributed by atoms with Gasteiger partial charge in [-0.3, -0.25) is 4.90 Å². The number of aryl methyl sites for hydroxylation is 1. The lowest BCUT2D eigenvalue weighted by Crippen LogP contribution is -2.53. The van der Waals surface area contributed by atoms with Crippen LogP contribution in [0.4, 0.5) is 11.4 Å². The number of piperazine rings is 1. The van der Waals surface area contributed by atoms with Crippen LogP contribution in [0, 0.1) is 6.92 Å². The Bertz CT molecular complexity index is 412. The molecule has 0 aromatic heterocycles. The number of benzene rings is 1. The van der Waals surface area contributed by atoms with E-state index in [4.69, 9.17) is 5.73 Å². The summed E-state index contributed by atoms with van der Waals surface area (Å²) < 4.78 is 0. The number of anilines is 2. The summed E-state index contributed by atoms with van der Waals surface area (Å²) in [5, 5.41) is 0. The Labute approximate surface area is 111 Å². The first-order chi connectivity index (χ1) is 8.38. The average Bonchev–Trinajstić information content (AvgIpc) is 2.32. The van der Waals surface area contributed by atoms with E-state index >= 15 is 0 Å². The lowest BCUT2D eigenvalue weighted by molar-refractivity contribution is 0.128. The molecule has 1 aromatic rings. The van der Waals surface area contributed by atoms with Gasteiger partial charge in [0.05, 0.1) is 0 Å². The smallest absolute Gasteiger partial charge is 0.0371 e. The van der Waals surface area contributed by atoms with Crippen LogP contribution in [0.5, 0.6) is 0 Å². The Balaban J connectivity index is 2.03. The summed E-state index contributed by atoms with van der Waals surface area (Å²) in [7, 11) is 0. The fourth-order valence-electron chi connectivity index (χ4n) is 2.49. The van der Waals surface area contributed by atoms with Crippen LogP contribution in [0.3, 0.4) is 0 Å². The molecule has 0 unspecified atom stereocenters. The largest absolute Gasteiger partial charge is 0.399 e. The third-order valence-electron chi connectivity index (χ3n) is 3.85. The van der Waals surface area contributed by atoms with Crippen LogP contribution < -0.4 is 10.6 Å². The Kier molecular flexibility index (Phi) is 3.53. The van der Waals surface area contributed by atoms with Crippen LogP contribution >= 0.6 is 0 Å². The summed E-state index contributed by atoms with van der Waals surface area (Å²) in [6, 6.07) is 6.35. The second kappa shape index (κ2) is 4.81. The standard InChI is InChI=1S/C15H25N3/c1-12-11-13(5-6-14(12)16)17-7-9-18(10-8-17)15(2,3)4/h5-6,11H,7-10,16H2,1-4H3. The van der Waals surface area contributed by atoms with Crippen molar-refractivity contribution in [3.63, 3.8) is 0 Å². The molecule has 2 rings (SSSR count). The van der Waals surface area contributed by atoms with Gasteiger partial charge in [0.15, 0.2) is 0 Å². The number of hydrogen-bond acceptors (Lipinski definition) is 3. The van der Waals surface area contributed by atoms with Crippen molar-refractivity contribution >= 4 is 11.4 Å². The van der Waals surface area contributed by atoms with Gasteiger partial charge in [-0.2, -0.15) is 0 Å². The topological polar surface area (TPSA) is 32.5 Å². The molecule has 0 atom stereocenters. The van der Waals surface area contributed by atoms with E-state index in [1.165, 1.54) is 11.3 Å². The van der Waals surface area contributed by atoms with Crippen molar-refractivity contribution in [2.75, 3.05) is 36.8 Å². The molecular formula is C15H25N3. The minimum Gasteiger partial charge on any atom is -0.399 e. The van der Waals surface area contributed by atoms with Gasteiger partial charge in [0.1, 0.15) is 0 Å². The molecule has 1 aromatic carbocycles. The maximum absolute atomic E-state index is 5.87. The molecule has 1 fully saturated rings. The summed E-state index contributed by atoms with van der Waals surface area (Å²) in [4.78, 5) is 5.00. The van der Waals surface area contributed by atoms with Gasteiger partial charge in [-0.15, -0.1) is 0 Å². The molecule has 0 spiro atoms. The van der Waals surface area contributed by atoms with Gasteiger partial charge in [-0.1, -0.05) is 0 Å².